The molecular formula is C13H29N3. The second-order valence-electron chi connectivity index (χ2n) is 6.25. The van der Waals surface area contributed by atoms with Gasteiger partial charge in [-0.05, 0) is 52.4 Å². The quantitative estimate of drug-likeness (QED) is 0.788. The molecule has 0 aromatic carbocycles. The highest BCUT2D eigenvalue weighted by atomic mass is 15.2. The third kappa shape index (κ3) is 3.72. The average Bonchev–Trinajstić information content (AvgIpc) is 2.17. The largest absolute Gasteiger partial charge is 0.327 e. The Balaban J connectivity index is 2.37. The summed E-state index contributed by atoms with van der Waals surface area (Å²) in [4.78, 5) is 4.93. The molecule has 0 aromatic heterocycles. The number of piperidine rings is 1. The van der Waals surface area contributed by atoms with Gasteiger partial charge in [0, 0.05) is 18.6 Å². The molecule has 1 rings (SSSR count). The van der Waals surface area contributed by atoms with Crippen molar-refractivity contribution in [1.82, 2.24) is 9.80 Å². The Morgan fingerprint density at radius 1 is 1.31 bits per heavy atom. The second-order valence-corrected chi connectivity index (χ2v) is 6.25. The van der Waals surface area contributed by atoms with E-state index < -0.39 is 0 Å². The highest BCUT2D eigenvalue weighted by Gasteiger charge is 2.28. The molecule has 1 fully saturated rings. The summed E-state index contributed by atoms with van der Waals surface area (Å²) >= 11 is 0. The topological polar surface area (TPSA) is 32.5 Å². The number of likely N-dealkylation sites (tertiary alicyclic amines) is 1. The molecule has 0 saturated carbocycles. The maximum absolute atomic E-state index is 6.03. The van der Waals surface area contributed by atoms with Gasteiger partial charge >= 0.3 is 0 Å². The van der Waals surface area contributed by atoms with Crippen molar-refractivity contribution in [2.45, 2.75) is 45.7 Å². The first kappa shape index (κ1) is 13.9. The van der Waals surface area contributed by atoms with Crippen LogP contribution in [0.25, 0.3) is 0 Å². The van der Waals surface area contributed by atoms with Crippen LogP contribution >= 0.6 is 0 Å². The Morgan fingerprint density at radius 2 is 1.81 bits per heavy atom. The molecule has 1 aliphatic rings. The van der Waals surface area contributed by atoms with Crippen LogP contribution in [0.2, 0.25) is 0 Å². The minimum atomic E-state index is 0.227. The third-order valence-electron chi connectivity index (χ3n) is 4.15. The molecule has 1 aliphatic heterocycles. The van der Waals surface area contributed by atoms with Crippen molar-refractivity contribution in [3.8, 4) is 0 Å². The molecule has 0 spiro atoms. The van der Waals surface area contributed by atoms with E-state index in [-0.39, 0.29) is 11.5 Å². The average molecular weight is 227 g/mol. The molecular weight excluding hydrogens is 198 g/mol. The first-order valence-corrected chi connectivity index (χ1v) is 6.47. The SMILES string of the molecule is CC(N)C(C)(C)CN1CCC(N(C)C)CC1. The van der Waals surface area contributed by atoms with Gasteiger partial charge in [0.1, 0.15) is 0 Å². The first-order valence-electron chi connectivity index (χ1n) is 6.47. The fraction of sp³-hybridized carbons (Fsp3) is 1.00. The van der Waals surface area contributed by atoms with Crippen molar-refractivity contribution in [2.24, 2.45) is 11.1 Å². The van der Waals surface area contributed by atoms with Crippen LogP contribution in [0.4, 0.5) is 0 Å². The number of hydrogen-bond donors (Lipinski definition) is 1. The Labute approximate surface area is 101 Å². The molecule has 0 aromatic rings. The van der Waals surface area contributed by atoms with E-state index in [1.165, 1.54) is 25.9 Å². The smallest absolute Gasteiger partial charge is 0.0113 e. The van der Waals surface area contributed by atoms with Crippen molar-refractivity contribution in [1.29, 1.82) is 0 Å². The summed E-state index contributed by atoms with van der Waals surface area (Å²) in [5.41, 5.74) is 6.26. The van der Waals surface area contributed by atoms with Crippen molar-refractivity contribution in [2.75, 3.05) is 33.7 Å². The molecule has 1 unspecified atom stereocenters. The molecule has 1 atom stereocenters. The Hall–Kier alpha value is -0.120. The third-order valence-corrected chi connectivity index (χ3v) is 4.15. The summed E-state index contributed by atoms with van der Waals surface area (Å²) in [5, 5.41) is 0. The normalized spacial score (nSPS) is 22.7. The van der Waals surface area contributed by atoms with Crippen LogP contribution in [0.1, 0.15) is 33.6 Å². The van der Waals surface area contributed by atoms with Crippen molar-refractivity contribution < 1.29 is 0 Å². The van der Waals surface area contributed by atoms with Crippen LogP contribution in [0.3, 0.4) is 0 Å². The van der Waals surface area contributed by atoms with Crippen molar-refractivity contribution in [3.05, 3.63) is 0 Å². The van der Waals surface area contributed by atoms with E-state index in [9.17, 15) is 0 Å². The van der Waals surface area contributed by atoms with E-state index >= 15 is 0 Å². The van der Waals surface area contributed by atoms with E-state index in [0.717, 1.165) is 12.6 Å². The van der Waals surface area contributed by atoms with Gasteiger partial charge in [0.05, 0.1) is 0 Å². The van der Waals surface area contributed by atoms with E-state index in [2.05, 4.69) is 44.7 Å². The summed E-state index contributed by atoms with van der Waals surface area (Å²) in [5.74, 6) is 0. The predicted molar refractivity (Wildman–Crippen MR) is 70.6 cm³/mol. The maximum Gasteiger partial charge on any atom is 0.0113 e. The zero-order chi connectivity index (χ0) is 12.3. The molecule has 0 amide bonds. The van der Waals surface area contributed by atoms with Gasteiger partial charge in [-0.15, -0.1) is 0 Å². The minimum Gasteiger partial charge on any atom is -0.327 e. The molecule has 2 N–H and O–H groups in total. The highest BCUT2D eigenvalue weighted by molar-refractivity contribution is 4.85. The maximum atomic E-state index is 6.03. The lowest BCUT2D eigenvalue weighted by atomic mass is 9.84. The van der Waals surface area contributed by atoms with Gasteiger partial charge < -0.3 is 15.5 Å². The van der Waals surface area contributed by atoms with Crippen LogP contribution in [0.5, 0.6) is 0 Å². The van der Waals surface area contributed by atoms with Gasteiger partial charge in [-0.25, -0.2) is 0 Å². The lowest BCUT2D eigenvalue weighted by Crippen LogP contribution is -2.49. The number of nitrogens with two attached hydrogens (primary N) is 1. The van der Waals surface area contributed by atoms with Gasteiger partial charge in [0.2, 0.25) is 0 Å². The van der Waals surface area contributed by atoms with Crippen LogP contribution in [0.15, 0.2) is 0 Å². The van der Waals surface area contributed by atoms with Crippen LogP contribution < -0.4 is 5.73 Å². The summed E-state index contributed by atoms with van der Waals surface area (Å²) in [6.45, 7) is 10.2. The van der Waals surface area contributed by atoms with Crippen LogP contribution in [-0.2, 0) is 0 Å². The number of nitrogens with zero attached hydrogens (tertiary/aromatic N) is 2. The second kappa shape index (κ2) is 5.48. The monoisotopic (exact) mass is 227 g/mol. The minimum absolute atomic E-state index is 0.227. The Morgan fingerprint density at radius 3 is 2.19 bits per heavy atom. The summed E-state index contributed by atoms with van der Waals surface area (Å²) < 4.78 is 0. The molecule has 16 heavy (non-hydrogen) atoms. The van der Waals surface area contributed by atoms with Crippen molar-refractivity contribution in [3.63, 3.8) is 0 Å². The van der Waals surface area contributed by atoms with Crippen LogP contribution in [0, 0.1) is 5.41 Å². The molecule has 1 heterocycles. The summed E-state index contributed by atoms with van der Waals surface area (Å²) in [6, 6.07) is 1.04. The Kier molecular flexibility index (Phi) is 4.77. The number of hydrogen-bond acceptors (Lipinski definition) is 3. The summed E-state index contributed by atoms with van der Waals surface area (Å²) in [6.07, 6.45) is 2.59. The van der Waals surface area contributed by atoms with Crippen LogP contribution in [-0.4, -0.2) is 55.6 Å². The zero-order valence-electron chi connectivity index (χ0n) is 11.7. The van der Waals surface area contributed by atoms with E-state index in [1.54, 1.807) is 0 Å². The van der Waals surface area contributed by atoms with E-state index in [4.69, 9.17) is 5.73 Å². The molecule has 0 radical (unpaired) electrons. The predicted octanol–water partition coefficient (Wildman–Crippen LogP) is 1.39. The molecule has 3 nitrogen and oxygen atoms in total. The lowest BCUT2D eigenvalue weighted by molar-refractivity contribution is 0.0991. The first-order chi connectivity index (χ1) is 7.33. The Bertz CT molecular complexity index is 203. The van der Waals surface area contributed by atoms with Gasteiger partial charge in [-0.2, -0.15) is 0 Å². The van der Waals surface area contributed by atoms with Gasteiger partial charge in [-0.1, -0.05) is 13.8 Å². The fourth-order valence-electron chi connectivity index (χ4n) is 2.31. The van der Waals surface area contributed by atoms with Gasteiger partial charge in [0.15, 0.2) is 0 Å². The highest BCUT2D eigenvalue weighted by Crippen LogP contribution is 2.23. The number of rotatable bonds is 4. The lowest BCUT2D eigenvalue weighted by Gasteiger charge is -2.40. The molecule has 0 aliphatic carbocycles. The van der Waals surface area contributed by atoms with Gasteiger partial charge in [0.25, 0.3) is 0 Å². The standard InChI is InChI=1S/C13H29N3/c1-11(14)13(2,3)10-16-8-6-12(7-9-16)15(4)5/h11-12H,6-10,14H2,1-5H3. The van der Waals surface area contributed by atoms with E-state index in [0.29, 0.717) is 0 Å². The molecule has 0 bridgehead atoms. The van der Waals surface area contributed by atoms with E-state index in [1.807, 2.05) is 0 Å². The summed E-state index contributed by atoms with van der Waals surface area (Å²) in [7, 11) is 4.37. The molecule has 96 valence electrons. The molecule has 3 heteroatoms. The fourth-order valence-corrected chi connectivity index (χ4v) is 2.31. The molecule has 1 saturated heterocycles. The van der Waals surface area contributed by atoms with Crippen molar-refractivity contribution >= 4 is 0 Å². The van der Waals surface area contributed by atoms with Gasteiger partial charge in [-0.3, -0.25) is 0 Å². The zero-order valence-corrected chi connectivity index (χ0v) is 11.7.